The Morgan fingerprint density at radius 3 is 2.33 bits per heavy atom. The largest absolute Gasteiger partial charge is 0.489 e. The zero-order chi connectivity index (χ0) is 42.1. The van der Waals surface area contributed by atoms with Crippen molar-refractivity contribution in [2.45, 2.75) is 103 Å². The molecule has 4 amide bonds. The number of piperazine rings is 1. The number of pyridine rings is 1. The number of hydrogen-bond donors (Lipinski definition) is 2. The maximum atomic E-state index is 13.5. The van der Waals surface area contributed by atoms with Crippen LogP contribution in [0.4, 0.5) is 17.2 Å². The Balaban J connectivity index is 0.751. The van der Waals surface area contributed by atoms with E-state index in [-0.39, 0.29) is 53.0 Å². The van der Waals surface area contributed by atoms with Crippen molar-refractivity contribution < 1.29 is 23.9 Å². The summed E-state index contributed by atoms with van der Waals surface area (Å²) in [5.74, 6) is 1.17. The fraction of sp³-hybridized carbons (Fsp3) is 0.522. The molecule has 1 aliphatic carbocycles. The number of imide groups is 1. The van der Waals surface area contributed by atoms with E-state index in [9.17, 15) is 19.2 Å². The number of rotatable bonds is 9. The molecule has 9 rings (SSSR count). The second-order valence-electron chi connectivity index (χ2n) is 18.8. The topological polar surface area (TPSA) is 132 Å². The van der Waals surface area contributed by atoms with Crippen LogP contribution in [0.1, 0.15) is 92.5 Å². The highest BCUT2D eigenvalue weighted by Crippen LogP contribution is 2.56. The third-order valence-corrected chi connectivity index (χ3v) is 14.6. The van der Waals surface area contributed by atoms with Gasteiger partial charge in [0, 0.05) is 92.1 Å². The van der Waals surface area contributed by atoms with Gasteiger partial charge in [-0.3, -0.25) is 29.4 Å². The van der Waals surface area contributed by atoms with Gasteiger partial charge < -0.3 is 24.8 Å². The van der Waals surface area contributed by atoms with Crippen LogP contribution in [0.2, 0.25) is 5.02 Å². The molecular weight excluding hydrogens is 780 g/mol. The molecule has 1 saturated carbocycles. The molecule has 2 bridgehead atoms. The predicted molar refractivity (Wildman–Crippen MR) is 228 cm³/mol. The zero-order valence-electron chi connectivity index (χ0n) is 34.7. The molecule has 2 N–H and O–H groups in total. The molecule has 3 atom stereocenters. The first-order chi connectivity index (χ1) is 28.7. The molecule has 14 heteroatoms. The molecule has 6 aliphatic rings. The molecule has 3 aromatic rings. The molecule has 5 fully saturated rings. The van der Waals surface area contributed by atoms with Crippen LogP contribution in [-0.2, 0) is 16.1 Å². The fourth-order valence-corrected chi connectivity index (χ4v) is 11.6. The second kappa shape index (κ2) is 15.4. The summed E-state index contributed by atoms with van der Waals surface area (Å²) in [6.07, 6.45) is 6.69. The molecule has 314 valence electrons. The van der Waals surface area contributed by atoms with Gasteiger partial charge in [-0.1, -0.05) is 45.4 Å². The summed E-state index contributed by atoms with van der Waals surface area (Å²) in [6, 6.07) is 15.3. The standard InChI is InChI=1S/C46H53ClN8O5/c1-45(2)43(46(3,4)44(45)60-33-10-12-36(48-5)35(47)21-33)51-40(57)28-6-14-38(49-22-28)52-18-16-27(17-19-52)23-54-31-7-8-32(54)26-53(25-31)30-9-11-34-29(20-30)24-55(42(34)59)37-13-15-39(56)50-41(37)58/h6,9-12,14,20-22,27,31-32,37,43-44H,7-8,13,15-19,23-26H2,1-4H3,(H,51,57)(H,50,56,58). The second-order valence-corrected chi connectivity index (χ2v) is 19.2. The van der Waals surface area contributed by atoms with Crippen LogP contribution < -0.4 is 25.2 Å². The number of carbonyl (C=O) groups is 4. The van der Waals surface area contributed by atoms with Gasteiger partial charge in [0.25, 0.3) is 11.8 Å². The SMILES string of the molecule is [C-]#[N+]c1ccc(OC2C(C)(C)C(NC(=O)c3ccc(N4CCC(CN5C6CCC5CN(c5ccc7c(c5)CN(C5CCC(=O)NC5=O)C7=O)C6)CC4)nc3)C2(C)C)cc1Cl. The third kappa shape index (κ3) is 7.15. The number of ether oxygens (including phenoxy) is 1. The highest BCUT2D eigenvalue weighted by Gasteiger charge is 2.64. The van der Waals surface area contributed by atoms with E-state index in [1.54, 1.807) is 29.3 Å². The summed E-state index contributed by atoms with van der Waals surface area (Å²) in [5.41, 5.74) is 2.94. The first kappa shape index (κ1) is 40.2. The van der Waals surface area contributed by atoms with Gasteiger partial charge in [-0.05, 0) is 86.1 Å². The lowest BCUT2D eigenvalue weighted by Crippen LogP contribution is -2.74. The number of nitrogens with one attached hydrogen (secondary N) is 2. The number of aromatic nitrogens is 1. The van der Waals surface area contributed by atoms with Gasteiger partial charge in [-0.2, -0.15) is 0 Å². The molecule has 3 unspecified atom stereocenters. The quantitative estimate of drug-likeness (QED) is 0.191. The summed E-state index contributed by atoms with van der Waals surface area (Å²) in [4.78, 5) is 68.4. The van der Waals surface area contributed by atoms with Crippen molar-refractivity contribution in [3.05, 3.63) is 87.9 Å². The average Bonchev–Trinajstić information content (AvgIpc) is 3.66. The van der Waals surface area contributed by atoms with Gasteiger partial charge in [0.05, 0.1) is 17.2 Å². The summed E-state index contributed by atoms with van der Waals surface area (Å²) in [5, 5.41) is 6.02. The summed E-state index contributed by atoms with van der Waals surface area (Å²) >= 11 is 6.27. The number of piperidine rings is 2. The molecule has 4 saturated heterocycles. The minimum Gasteiger partial charge on any atom is -0.489 e. The lowest BCUT2D eigenvalue weighted by Gasteiger charge is -2.63. The molecule has 1 aromatic heterocycles. The maximum absolute atomic E-state index is 13.5. The molecule has 13 nitrogen and oxygen atoms in total. The van der Waals surface area contributed by atoms with Gasteiger partial charge >= 0.3 is 0 Å². The number of nitrogens with zero attached hydrogens (tertiary/aromatic N) is 6. The van der Waals surface area contributed by atoms with Crippen molar-refractivity contribution in [2.24, 2.45) is 16.7 Å². The molecule has 60 heavy (non-hydrogen) atoms. The Morgan fingerprint density at radius 2 is 1.68 bits per heavy atom. The van der Waals surface area contributed by atoms with Crippen LogP contribution in [0.5, 0.6) is 5.75 Å². The van der Waals surface area contributed by atoms with E-state index in [0.29, 0.717) is 58.6 Å². The number of anilines is 2. The van der Waals surface area contributed by atoms with E-state index in [2.05, 4.69) is 70.0 Å². The number of fused-ring (bicyclic) bond motifs is 3. The monoisotopic (exact) mass is 832 g/mol. The van der Waals surface area contributed by atoms with Gasteiger partial charge in [-0.15, -0.1) is 0 Å². The molecule has 5 aliphatic heterocycles. The van der Waals surface area contributed by atoms with Crippen molar-refractivity contribution in [3.8, 4) is 5.75 Å². The number of benzene rings is 2. The van der Waals surface area contributed by atoms with E-state index in [4.69, 9.17) is 27.9 Å². The summed E-state index contributed by atoms with van der Waals surface area (Å²) in [6.45, 7) is 20.9. The predicted octanol–water partition coefficient (Wildman–Crippen LogP) is 6.23. The van der Waals surface area contributed by atoms with E-state index >= 15 is 0 Å². The summed E-state index contributed by atoms with van der Waals surface area (Å²) < 4.78 is 6.40. The fourth-order valence-electron chi connectivity index (χ4n) is 11.4. The smallest absolute Gasteiger partial charge is 0.255 e. The van der Waals surface area contributed by atoms with Crippen LogP contribution in [0.15, 0.2) is 54.7 Å². The highest BCUT2D eigenvalue weighted by molar-refractivity contribution is 6.33. The van der Waals surface area contributed by atoms with Crippen LogP contribution in [0.25, 0.3) is 4.85 Å². The van der Waals surface area contributed by atoms with Gasteiger partial charge in [0.2, 0.25) is 17.5 Å². The van der Waals surface area contributed by atoms with Crippen LogP contribution in [-0.4, -0.2) is 101 Å². The maximum Gasteiger partial charge on any atom is 0.255 e. The minimum absolute atomic E-state index is 0.133. The Hall–Kier alpha value is -5.19. The van der Waals surface area contributed by atoms with Crippen molar-refractivity contribution in [2.75, 3.05) is 42.5 Å². The zero-order valence-corrected chi connectivity index (χ0v) is 35.5. The van der Waals surface area contributed by atoms with Crippen LogP contribution in [0.3, 0.4) is 0 Å². The number of halogens is 1. The molecule has 2 aromatic carbocycles. The third-order valence-electron chi connectivity index (χ3n) is 14.3. The normalized spacial score (nSPS) is 27.2. The molecular formula is C46H53ClN8O5. The minimum atomic E-state index is -0.604. The van der Waals surface area contributed by atoms with Gasteiger partial charge in [-0.25, -0.2) is 9.83 Å². The summed E-state index contributed by atoms with van der Waals surface area (Å²) in [7, 11) is 0. The van der Waals surface area contributed by atoms with E-state index in [1.165, 1.54) is 12.8 Å². The van der Waals surface area contributed by atoms with Crippen molar-refractivity contribution in [3.63, 3.8) is 0 Å². The Bertz CT molecular complexity index is 2240. The van der Waals surface area contributed by atoms with Crippen molar-refractivity contribution in [1.82, 2.24) is 25.4 Å². The van der Waals surface area contributed by atoms with E-state index < -0.39 is 6.04 Å². The lowest BCUT2D eigenvalue weighted by atomic mass is 9.49. The Morgan fingerprint density at radius 1 is 0.950 bits per heavy atom. The van der Waals surface area contributed by atoms with E-state index in [0.717, 1.165) is 62.6 Å². The molecule has 6 heterocycles. The Kier molecular flexibility index (Phi) is 10.3. The van der Waals surface area contributed by atoms with Crippen LogP contribution >= 0.6 is 11.6 Å². The highest BCUT2D eigenvalue weighted by atomic mass is 35.5. The number of amides is 4. The van der Waals surface area contributed by atoms with Gasteiger partial charge in [0.15, 0.2) is 0 Å². The van der Waals surface area contributed by atoms with E-state index in [1.807, 2.05) is 18.2 Å². The Labute approximate surface area is 356 Å². The number of hydrogen-bond acceptors (Lipinski definition) is 9. The van der Waals surface area contributed by atoms with Crippen LogP contribution in [0, 0.1) is 23.3 Å². The van der Waals surface area contributed by atoms with Crippen molar-refractivity contribution >= 4 is 52.4 Å². The lowest BCUT2D eigenvalue weighted by molar-refractivity contribution is -0.164. The first-order valence-corrected chi connectivity index (χ1v) is 21.7. The number of carbonyl (C=O) groups excluding carboxylic acids is 4. The molecule has 0 spiro atoms. The van der Waals surface area contributed by atoms with Gasteiger partial charge in [0.1, 0.15) is 23.7 Å². The first-order valence-electron chi connectivity index (χ1n) is 21.3. The van der Waals surface area contributed by atoms with Crippen molar-refractivity contribution in [1.29, 1.82) is 0 Å². The average molecular weight is 833 g/mol. The molecule has 0 radical (unpaired) electrons.